The van der Waals surface area contributed by atoms with E-state index in [1.165, 1.54) is 0 Å². The van der Waals surface area contributed by atoms with Gasteiger partial charge in [0, 0.05) is 6.92 Å². The predicted octanol–water partition coefficient (Wildman–Crippen LogP) is -3.64. The molecule has 0 aliphatic carbocycles. The molecule has 0 rings (SSSR count). The van der Waals surface area contributed by atoms with Crippen LogP contribution in [0.1, 0.15) is 6.92 Å². The number of carboxylic acid groups (broad SMARTS) is 1. The third kappa shape index (κ3) is 25.8. The summed E-state index contributed by atoms with van der Waals surface area (Å²) in [6, 6.07) is 0. The van der Waals surface area contributed by atoms with Crippen LogP contribution in [0.4, 0.5) is 0 Å². The van der Waals surface area contributed by atoms with Crippen LogP contribution in [0, 0.1) is 0 Å². The normalized spacial score (nSPS) is 10.5. The maximum Gasteiger partial charge on any atom is 2.00 e. The van der Waals surface area contributed by atoms with Crippen molar-refractivity contribution in [2.75, 3.05) is 11.5 Å². The maximum atomic E-state index is 9.83. The molecule has 9 nitrogen and oxygen atoms in total. The Balaban J connectivity index is -0.000000244. The number of carbonyl (C=O) groups is 2. The van der Waals surface area contributed by atoms with Crippen molar-refractivity contribution >= 4 is 55.0 Å². The Morgan fingerprint density at radius 2 is 1.41 bits per heavy atom. The van der Waals surface area contributed by atoms with Crippen molar-refractivity contribution in [2.45, 2.75) is 6.92 Å². The van der Waals surface area contributed by atoms with Crippen LogP contribution in [0.3, 0.4) is 0 Å². The fourth-order valence-corrected chi connectivity index (χ4v) is 1.87. The van der Waals surface area contributed by atoms with E-state index in [-0.39, 0.29) is 23.1 Å². The first kappa shape index (κ1) is 22.0. The molecule has 96 valence electrons. The van der Waals surface area contributed by atoms with Crippen LogP contribution in [0.25, 0.3) is 0 Å². The van der Waals surface area contributed by atoms with Gasteiger partial charge >= 0.3 is 23.1 Å². The van der Waals surface area contributed by atoms with Crippen molar-refractivity contribution in [3.63, 3.8) is 0 Å². The molecule has 0 aliphatic rings. The SMILES string of the molecule is CC(=O)C(=O)[O-].O=S(=O)([O-])CCS(=O)(=O)O.[Mg+2]. The van der Waals surface area contributed by atoms with Gasteiger partial charge in [0.2, 0.25) is 0 Å². The Hall–Kier alpha value is -0.274. The number of ketones is 1. The molecule has 0 radical (unpaired) electrons. The van der Waals surface area contributed by atoms with Crippen LogP contribution in [0.5, 0.6) is 0 Å². The second-order valence-corrected chi connectivity index (χ2v) is 5.49. The minimum atomic E-state index is -4.55. The molecule has 0 saturated heterocycles. The van der Waals surface area contributed by atoms with Crippen LogP contribution in [0.2, 0.25) is 0 Å². The van der Waals surface area contributed by atoms with E-state index >= 15 is 0 Å². The first-order chi connectivity index (χ1) is 6.85. The molecule has 0 amide bonds. The predicted molar refractivity (Wildman–Crippen MR) is 52.4 cm³/mol. The van der Waals surface area contributed by atoms with Crippen LogP contribution in [-0.4, -0.2) is 72.3 Å². The van der Waals surface area contributed by atoms with Gasteiger partial charge in [0.1, 0.15) is 5.97 Å². The van der Waals surface area contributed by atoms with Gasteiger partial charge in [-0.1, -0.05) is 0 Å². The first-order valence-electron chi connectivity index (χ1n) is 3.46. The van der Waals surface area contributed by atoms with Crippen molar-refractivity contribution in [3.8, 4) is 0 Å². The molecule has 0 spiro atoms. The Kier molecular flexibility index (Phi) is 11.3. The van der Waals surface area contributed by atoms with Gasteiger partial charge in [0.05, 0.1) is 21.6 Å². The van der Waals surface area contributed by atoms with E-state index in [1.807, 2.05) is 0 Å². The molecule has 17 heavy (non-hydrogen) atoms. The zero-order valence-corrected chi connectivity index (χ0v) is 11.7. The molecular formula is C5H8MgO9S2. The summed E-state index contributed by atoms with van der Waals surface area (Å²) in [5, 5.41) is 9.24. The summed E-state index contributed by atoms with van der Waals surface area (Å²) in [6.45, 7) is 0.940. The van der Waals surface area contributed by atoms with E-state index in [0.29, 0.717) is 0 Å². The number of Topliss-reactive ketones (excluding diaryl/α,β-unsaturated/α-hetero) is 1. The van der Waals surface area contributed by atoms with Crippen LogP contribution >= 0.6 is 0 Å². The smallest absolute Gasteiger partial charge is 0.748 e. The van der Waals surface area contributed by atoms with Gasteiger partial charge in [-0.25, -0.2) is 8.42 Å². The van der Waals surface area contributed by atoms with Gasteiger partial charge < -0.3 is 14.5 Å². The summed E-state index contributed by atoms with van der Waals surface area (Å²) >= 11 is 0. The van der Waals surface area contributed by atoms with Crippen LogP contribution < -0.4 is 5.11 Å². The molecule has 0 aromatic carbocycles. The molecule has 0 saturated carbocycles. The van der Waals surface area contributed by atoms with Gasteiger partial charge in [-0.2, -0.15) is 8.42 Å². The molecule has 0 aliphatic heterocycles. The Bertz CT molecular complexity index is 404. The van der Waals surface area contributed by atoms with Crippen LogP contribution in [-0.2, 0) is 29.8 Å². The van der Waals surface area contributed by atoms with E-state index in [1.54, 1.807) is 0 Å². The second kappa shape index (κ2) is 8.76. The van der Waals surface area contributed by atoms with Crippen LogP contribution in [0.15, 0.2) is 0 Å². The Morgan fingerprint density at radius 3 is 1.47 bits per heavy atom. The molecule has 0 aromatic rings. The summed E-state index contributed by atoms with van der Waals surface area (Å²) in [5.41, 5.74) is 0. The first-order valence-corrected chi connectivity index (χ1v) is 6.64. The monoisotopic (exact) mass is 300 g/mol. The molecule has 0 unspecified atom stereocenters. The summed E-state index contributed by atoms with van der Waals surface area (Å²) in [6.07, 6.45) is 0. The zero-order chi connectivity index (χ0) is 13.6. The minimum Gasteiger partial charge on any atom is -0.748 e. The maximum absolute atomic E-state index is 9.83. The standard InChI is InChI=1S/C3H4O3.C2H6O6S2.Mg/c1-2(4)3(5)6;3-9(4,5)1-2-10(6,7)8;/h1H3,(H,5,6);1-2H2,(H,3,4,5)(H,6,7,8);/q;;+2/p-2. The molecule has 0 aromatic heterocycles. The fourth-order valence-electron chi connectivity index (χ4n) is 0.207. The summed E-state index contributed by atoms with van der Waals surface area (Å²) in [5.74, 6) is -4.70. The van der Waals surface area contributed by atoms with Gasteiger partial charge in [0.15, 0.2) is 5.78 Å². The average Bonchev–Trinajstić information content (AvgIpc) is 1.99. The third-order valence-electron chi connectivity index (χ3n) is 0.879. The van der Waals surface area contributed by atoms with Gasteiger partial charge in [0.25, 0.3) is 10.1 Å². The van der Waals surface area contributed by atoms with Crippen molar-refractivity contribution in [2.24, 2.45) is 0 Å². The summed E-state index contributed by atoms with van der Waals surface area (Å²) in [4.78, 5) is 18.7. The number of aliphatic carboxylic acids is 1. The molecule has 0 bridgehead atoms. The van der Waals surface area contributed by atoms with Crippen molar-refractivity contribution in [1.29, 1.82) is 0 Å². The van der Waals surface area contributed by atoms with E-state index in [0.717, 1.165) is 6.92 Å². The van der Waals surface area contributed by atoms with E-state index < -0.39 is 43.5 Å². The van der Waals surface area contributed by atoms with Gasteiger partial charge in [-0.15, -0.1) is 0 Å². The molecule has 0 atom stereocenters. The number of hydrogen-bond acceptors (Lipinski definition) is 8. The molecule has 1 N–H and O–H groups in total. The Labute approximate surface area is 114 Å². The van der Waals surface area contributed by atoms with Gasteiger partial charge in [-0.3, -0.25) is 9.35 Å². The Morgan fingerprint density at radius 1 is 1.12 bits per heavy atom. The third-order valence-corrected chi connectivity index (χ3v) is 2.56. The van der Waals surface area contributed by atoms with E-state index in [9.17, 15) is 36.1 Å². The number of carbonyl (C=O) groups excluding carboxylic acids is 2. The largest absolute Gasteiger partial charge is 2.00 e. The molecule has 12 heteroatoms. The fraction of sp³-hybridized carbons (Fsp3) is 0.600. The van der Waals surface area contributed by atoms with Crippen molar-refractivity contribution in [1.82, 2.24) is 0 Å². The second-order valence-electron chi connectivity index (χ2n) is 2.39. The number of carboxylic acids is 1. The van der Waals surface area contributed by atoms with E-state index in [2.05, 4.69) is 0 Å². The average molecular weight is 301 g/mol. The quantitative estimate of drug-likeness (QED) is 0.312. The van der Waals surface area contributed by atoms with Crippen molar-refractivity contribution < 1.29 is 40.6 Å². The number of rotatable bonds is 4. The minimum absolute atomic E-state index is 0. The summed E-state index contributed by atoms with van der Waals surface area (Å²) in [7, 11) is -8.88. The molecular weight excluding hydrogens is 292 g/mol. The zero-order valence-electron chi connectivity index (χ0n) is 8.65. The summed E-state index contributed by atoms with van der Waals surface area (Å²) < 4.78 is 56.9. The molecule has 0 heterocycles. The van der Waals surface area contributed by atoms with Crippen molar-refractivity contribution in [3.05, 3.63) is 0 Å². The number of hydrogen-bond donors (Lipinski definition) is 1. The molecule has 0 fully saturated rings. The topological polar surface area (TPSA) is 169 Å². The van der Waals surface area contributed by atoms with E-state index in [4.69, 9.17) is 4.55 Å². The van der Waals surface area contributed by atoms with Gasteiger partial charge in [-0.05, 0) is 0 Å².